The minimum atomic E-state index is -1.08. The predicted molar refractivity (Wildman–Crippen MR) is 70.5 cm³/mol. The summed E-state index contributed by atoms with van der Waals surface area (Å²) in [4.78, 5) is 0. The summed E-state index contributed by atoms with van der Waals surface area (Å²) in [5, 5.41) is 30.3. The normalized spacial score (nSPS) is 11.4. The largest absolute Gasteiger partial charge is 0.493 e. The van der Waals surface area contributed by atoms with Crippen molar-refractivity contribution in [3.63, 3.8) is 0 Å². The zero-order valence-corrected chi connectivity index (χ0v) is 11.0. The molecule has 19 heavy (non-hydrogen) atoms. The highest BCUT2D eigenvalue weighted by Gasteiger charge is 2.26. The van der Waals surface area contributed by atoms with Crippen molar-refractivity contribution in [2.75, 3.05) is 40.1 Å². The molecule has 0 aliphatic rings. The number of hydrogen-bond acceptors (Lipinski definition) is 6. The van der Waals surface area contributed by atoms with E-state index >= 15 is 0 Å². The van der Waals surface area contributed by atoms with Gasteiger partial charge in [0.25, 0.3) is 0 Å². The van der Waals surface area contributed by atoms with Crippen LogP contribution >= 0.6 is 0 Å². The van der Waals surface area contributed by atoms with E-state index in [4.69, 9.17) is 24.8 Å². The van der Waals surface area contributed by atoms with E-state index in [-0.39, 0.29) is 19.8 Å². The minimum Gasteiger partial charge on any atom is -0.493 e. The number of benzene rings is 1. The Morgan fingerprint density at radius 1 is 1.05 bits per heavy atom. The monoisotopic (exact) mass is 271 g/mol. The lowest BCUT2D eigenvalue weighted by Crippen LogP contribution is -2.55. The molecular weight excluding hydrogens is 250 g/mol. The third-order valence-corrected chi connectivity index (χ3v) is 2.84. The quantitative estimate of drug-likeness (QED) is 0.447. The molecule has 0 heterocycles. The fourth-order valence-corrected chi connectivity index (χ4v) is 1.53. The van der Waals surface area contributed by atoms with Gasteiger partial charge in [-0.25, -0.2) is 0 Å². The zero-order chi connectivity index (χ0) is 14.1. The molecule has 1 aromatic rings. The Labute approximate surface area is 112 Å². The molecule has 0 spiro atoms. The van der Waals surface area contributed by atoms with Gasteiger partial charge in [-0.2, -0.15) is 0 Å². The predicted octanol–water partition coefficient (Wildman–Crippen LogP) is -0.621. The van der Waals surface area contributed by atoms with Gasteiger partial charge in [-0.05, 0) is 12.1 Å². The Morgan fingerprint density at radius 3 is 2.16 bits per heavy atom. The van der Waals surface area contributed by atoms with Crippen molar-refractivity contribution >= 4 is 0 Å². The first-order chi connectivity index (χ1) is 9.21. The van der Waals surface area contributed by atoms with Gasteiger partial charge in [0, 0.05) is 6.54 Å². The summed E-state index contributed by atoms with van der Waals surface area (Å²) >= 11 is 0. The maximum Gasteiger partial charge on any atom is 0.161 e. The number of aliphatic hydroxyl groups is 3. The van der Waals surface area contributed by atoms with E-state index in [0.717, 1.165) is 0 Å². The number of methoxy groups -OCH3 is 1. The molecule has 1 rings (SSSR count). The number of hydrogen-bond donors (Lipinski definition) is 4. The first kappa shape index (κ1) is 15.7. The third kappa shape index (κ3) is 4.36. The topological polar surface area (TPSA) is 91.2 Å². The Hall–Kier alpha value is -1.34. The second-order valence-electron chi connectivity index (χ2n) is 4.18. The molecule has 0 atom stereocenters. The maximum atomic E-state index is 9.13. The molecular formula is C13H21NO5. The van der Waals surface area contributed by atoms with E-state index in [9.17, 15) is 0 Å². The van der Waals surface area contributed by atoms with Crippen molar-refractivity contribution < 1.29 is 24.8 Å². The van der Waals surface area contributed by atoms with Crippen LogP contribution in [0.15, 0.2) is 24.3 Å². The van der Waals surface area contributed by atoms with Crippen LogP contribution in [0.5, 0.6) is 11.5 Å². The van der Waals surface area contributed by atoms with Crippen LogP contribution in [0.1, 0.15) is 0 Å². The van der Waals surface area contributed by atoms with Crippen molar-refractivity contribution in [3.8, 4) is 11.5 Å². The van der Waals surface area contributed by atoms with Crippen molar-refractivity contribution in [1.29, 1.82) is 0 Å². The Balaban J connectivity index is 2.42. The minimum absolute atomic E-state index is 0.322. The fourth-order valence-electron chi connectivity index (χ4n) is 1.53. The molecule has 6 nitrogen and oxygen atoms in total. The second kappa shape index (κ2) is 7.96. The van der Waals surface area contributed by atoms with Crippen LogP contribution in [-0.2, 0) is 0 Å². The molecule has 0 aliphatic heterocycles. The molecule has 0 bridgehead atoms. The summed E-state index contributed by atoms with van der Waals surface area (Å²) in [5.74, 6) is 1.26. The summed E-state index contributed by atoms with van der Waals surface area (Å²) in [6, 6.07) is 7.27. The van der Waals surface area contributed by atoms with Gasteiger partial charge in [-0.15, -0.1) is 0 Å². The highest BCUT2D eigenvalue weighted by atomic mass is 16.5. The SMILES string of the molecule is COc1ccccc1OCCNC(CO)(CO)CO. The molecule has 4 N–H and O–H groups in total. The molecule has 0 fully saturated rings. The van der Waals surface area contributed by atoms with Crippen molar-refractivity contribution in [1.82, 2.24) is 5.32 Å². The van der Waals surface area contributed by atoms with Gasteiger partial charge < -0.3 is 30.1 Å². The number of aliphatic hydroxyl groups excluding tert-OH is 3. The van der Waals surface area contributed by atoms with E-state index in [2.05, 4.69) is 5.32 Å². The average molecular weight is 271 g/mol. The van der Waals surface area contributed by atoms with E-state index in [1.54, 1.807) is 19.2 Å². The molecule has 108 valence electrons. The van der Waals surface area contributed by atoms with Gasteiger partial charge in [-0.3, -0.25) is 0 Å². The van der Waals surface area contributed by atoms with Crippen LogP contribution in [0.4, 0.5) is 0 Å². The number of rotatable bonds is 9. The number of ether oxygens (including phenoxy) is 2. The molecule has 0 radical (unpaired) electrons. The van der Waals surface area contributed by atoms with Gasteiger partial charge in [0.05, 0.1) is 32.5 Å². The lowest BCUT2D eigenvalue weighted by Gasteiger charge is -2.28. The molecule has 0 aliphatic carbocycles. The standard InChI is InChI=1S/C13H21NO5/c1-18-11-4-2-3-5-12(11)19-7-6-14-13(8-15,9-16)10-17/h2-5,14-17H,6-10H2,1H3. The van der Waals surface area contributed by atoms with E-state index < -0.39 is 5.54 Å². The first-order valence-electron chi connectivity index (χ1n) is 6.05. The molecule has 0 amide bonds. The average Bonchev–Trinajstić information content (AvgIpc) is 2.48. The van der Waals surface area contributed by atoms with Gasteiger partial charge in [-0.1, -0.05) is 12.1 Å². The smallest absolute Gasteiger partial charge is 0.161 e. The van der Waals surface area contributed by atoms with Crippen LogP contribution in [0.3, 0.4) is 0 Å². The summed E-state index contributed by atoms with van der Waals surface area (Å²) in [7, 11) is 1.56. The summed E-state index contributed by atoms with van der Waals surface area (Å²) < 4.78 is 10.7. The van der Waals surface area contributed by atoms with Crippen molar-refractivity contribution in [2.24, 2.45) is 0 Å². The number of nitrogens with one attached hydrogen (secondary N) is 1. The molecule has 1 aromatic carbocycles. The second-order valence-corrected chi connectivity index (χ2v) is 4.18. The van der Waals surface area contributed by atoms with Crippen LogP contribution < -0.4 is 14.8 Å². The highest BCUT2D eigenvalue weighted by Crippen LogP contribution is 2.25. The van der Waals surface area contributed by atoms with Crippen molar-refractivity contribution in [2.45, 2.75) is 5.54 Å². The number of para-hydroxylation sites is 2. The first-order valence-corrected chi connectivity index (χ1v) is 6.05. The fraction of sp³-hybridized carbons (Fsp3) is 0.538. The third-order valence-electron chi connectivity index (χ3n) is 2.84. The molecule has 0 saturated heterocycles. The lowest BCUT2D eigenvalue weighted by atomic mass is 10.0. The highest BCUT2D eigenvalue weighted by molar-refractivity contribution is 5.39. The Morgan fingerprint density at radius 2 is 1.63 bits per heavy atom. The van der Waals surface area contributed by atoms with Crippen LogP contribution in [0.25, 0.3) is 0 Å². The van der Waals surface area contributed by atoms with Gasteiger partial charge in [0.1, 0.15) is 6.61 Å². The van der Waals surface area contributed by atoms with E-state index in [0.29, 0.717) is 24.7 Å². The Kier molecular flexibility index (Phi) is 6.58. The van der Waals surface area contributed by atoms with Crippen LogP contribution in [0.2, 0.25) is 0 Å². The molecule has 0 saturated carbocycles. The van der Waals surface area contributed by atoms with Crippen LogP contribution in [0, 0.1) is 0 Å². The van der Waals surface area contributed by atoms with Gasteiger partial charge in [0.15, 0.2) is 11.5 Å². The summed E-state index contributed by atoms with van der Waals surface area (Å²) in [6.45, 7) is -0.361. The van der Waals surface area contributed by atoms with Crippen LogP contribution in [-0.4, -0.2) is 60.9 Å². The molecule has 0 aromatic heterocycles. The molecule has 0 unspecified atom stereocenters. The van der Waals surface area contributed by atoms with Gasteiger partial charge >= 0.3 is 0 Å². The summed E-state index contributed by atoms with van der Waals surface area (Å²) in [6.07, 6.45) is 0. The molecule has 6 heteroatoms. The summed E-state index contributed by atoms with van der Waals surface area (Å²) in [5.41, 5.74) is -1.08. The van der Waals surface area contributed by atoms with E-state index in [1.165, 1.54) is 0 Å². The van der Waals surface area contributed by atoms with E-state index in [1.807, 2.05) is 12.1 Å². The van der Waals surface area contributed by atoms with Gasteiger partial charge in [0.2, 0.25) is 0 Å². The maximum absolute atomic E-state index is 9.13. The zero-order valence-electron chi connectivity index (χ0n) is 11.0. The van der Waals surface area contributed by atoms with Crippen molar-refractivity contribution in [3.05, 3.63) is 24.3 Å². The lowest BCUT2D eigenvalue weighted by molar-refractivity contribution is 0.0404. The Bertz CT molecular complexity index is 360.